The zero-order valence-corrected chi connectivity index (χ0v) is 10.7. The van der Waals surface area contributed by atoms with Crippen molar-refractivity contribution in [1.82, 2.24) is 0 Å². The Morgan fingerprint density at radius 1 is 1.29 bits per heavy atom. The van der Waals surface area contributed by atoms with Gasteiger partial charge < -0.3 is 4.74 Å². The van der Waals surface area contributed by atoms with E-state index in [1.807, 2.05) is 0 Å². The predicted octanol–water partition coefficient (Wildman–Crippen LogP) is 3.55. The number of hydrogen-bond donors (Lipinski definition) is 0. The minimum absolute atomic E-state index is 0.00611. The largest absolute Gasteiger partial charge is 0.458 e. The summed E-state index contributed by atoms with van der Waals surface area (Å²) >= 11 is 0. The van der Waals surface area contributed by atoms with Crippen molar-refractivity contribution >= 4 is 5.97 Å². The first kappa shape index (κ1) is 12.2. The molecule has 0 radical (unpaired) electrons. The number of fused-ring (bicyclic) bond motifs is 1. The summed E-state index contributed by atoms with van der Waals surface area (Å²) in [6.07, 6.45) is 8.41. The molecule has 92 valence electrons. The van der Waals surface area contributed by atoms with Crippen molar-refractivity contribution < 1.29 is 9.53 Å². The van der Waals surface area contributed by atoms with Gasteiger partial charge in [0.25, 0.3) is 0 Å². The van der Waals surface area contributed by atoms with Crippen LogP contribution >= 0.6 is 0 Å². The first-order valence-corrected chi connectivity index (χ1v) is 6.29. The summed E-state index contributed by atoms with van der Waals surface area (Å²) < 4.78 is 5.41. The molecule has 0 spiro atoms. The summed E-state index contributed by atoms with van der Waals surface area (Å²) in [6.45, 7) is 8.14. The molecule has 0 N–H and O–H groups in total. The lowest BCUT2D eigenvalue weighted by molar-refractivity contribution is -0.139. The molecule has 0 aromatic carbocycles. The van der Waals surface area contributed by atoms with Gasteiger partial charge in [-0.2, -0.15) is 0 Å². The third-order valence-corrected chi connectivity index (χ3v) is 3.69. The molecule has 0 aromatic rings. The Morgan fingerprint density at radius 2 is 2.06 bits per heavy atom. The maximum atomic E-state index is 11.6. The van der Waals surface area contributed by atoms with Crippen LogP contribution in [-0.2, 0) is 9.53 Å². The van der Waals surface area contributed by atoms with Gasteiger partial charge in [0.2, 0.25) is 0 Å². The molecule has 0 amide bonds. The van der Waals surface area contributed by atoms with Gasteiger partial charge in [-0.3, -0.25) is 0 Å². The number of carbonyl (C=O) groups excluding carboxylic acids is 1. The molecule has 1 saturated heterocycles. The molecule has 17 heavy (non-hydrogen) atoms. The molecule has 0 unspecified atom stereocenters. The number of allylic oxidation sites excluding steroid dienone is 3. The zero-order chi connectivity index (χ0) is 12.4. The smallest absolute Gasteiger partial charge is 0.334 e. The van der Waals surface area contributed by atoms with E-state index < -0.39 is 0 Å². The van der Waals surface area contributed by atoms with E-state index in [1.54, 1.807) is 0 Å². The quantitative estimate of drug-likeness (QED) is 0.363. The molecule has 2 atom stereocenters. The summed E-state index contributed by atoms with van der Waals surface area (Å²) in [5.41, 5.74) is 3.35. The van der Waals surface area contributed by atoms with E-state index in [0.29, 0.717) is 5.57 Å². The van der Waals surface area contributed by atoms with Crippen LogP contribution in [0.15, 0.2) is 35.5 Å². The average Bonchev–Trinajstić information content (AvgIpc) is 2.52. The topological polar surface area (TPSA) is 26.3 Å². The van der Waals surface area contributed by atoms with E-state index in [-0.39, 0.29) is 18.0 Å². The van der Waals surface area contributed by atoms with Gasteiger partial charge in [0.05, 0.1) is 0 Å². The Hall–Kier alpha value is -1.31. The number of hydrogen-bond acceptors (Lipinski definition) is 2. The highest BCUT2D eigenvalue weighted by Crippen LogP contribution is 2.34. The number of esters is 1. The van der Waals surface area contributed by atoms with Crippen molar-refractivity contribution in [3.8, 4) is 0 Å². The summed E-state index contributed by atoms with van der Waals surface area (Å²) in [6, 6.07) is 0. The van der Waals surface area contributed by atoms with Gasteiger partial charge in [0.1, 0.15) is 6.10 Å². The highest BCUT2D eigenvalue weighted by Gasteiger charge is 2.37. The predicted molar refractivity (Wildman–Crippen MR) is 68.5 cm³/mol. The van der Waals surface area contributed by atoms with E-state index in [2.05, 4.69) is 32.6 Å². The number of rotatable bonds is 0. The van der Waals surface area contributed by atoms with Gasteiger partial charge in [-0.05, 0) is 33.1 Å². The van der Waals surface area contributed by atoms with E-state index in [4.69, 9.17) is 4.74 Å². The Balaban J connectivity index is 2.23. The van der Waals surface area contributed by atoms with Crippen LogP contribution < -0.4 is 0 Å². The monoisotopic (exact) mass is 232 g/mol. The molecular weight excluding hydrogens is 212 g/mol. The minimum atomic E-state index is -0.210. The molecule has 0 aromatic heterocycles. The first-order valence-electron chi connectivity index (χ1n) is 6.29. The van der Waals surface area contributed by atoms with Crippen LogP contribution in [0.5, 0.6) is 0 Å². The fourth-order valence-corrected chi connectivity index (χ4v) is 2.53. The molecule has 1 heterocycles. The number of ether oxygens (including phenoxy) is 1. The number of carbonyl (C=O) groups is 1. The van der Waals surface area contributed by atoms with Crippen LogP contribution in [-0.4, -0.2) is 12.1 Å². The SMILES string of the molecule is C=C1C(=O)O[C@H]2CC(C)=CCC/C(C)=C/C[C@H]12. The van der Waals surface area contributed by atoms with Crippen LogP contribution in [0.3, 0.4) is 0 Å². The molecule has 0 bridgehead atoms. The summed E-state index contributed by atoms with van der Waals surface area (Å²) in [5, 5.41) is 0. The Morgan fingerprint density at radius 3 is 2.82 bits per heavy atom. The Labute approximate surface area is 103 Å². The summed E-state index contributed by atoms with van der Waals surface area (Å²) in [4.78, 5) is 11.6. The lowest BCUT2D eigenvalue weighted by Crippen LogP contribution is -2.17. The lowest BCUT2D eigenvalue weighted by Gasteiger charge is -2.18. The fraction of sp³-hybridized carbons (Fsp3) is 0.533. The fourth-order valence-electron chi connectivity index (χ4n) is 2.53. The molecule has 2 rings (SSSR count). The van der Waals surface area contributed by atoms with Crippen molar-refractivity contribution in [2.75, 3.05) is 0 Å². The summed E-state index contributed by atoms with van der Waals surface area (Å²) in [5.74, 6) is -0.0444. The third-order valence-electron chi connectivity index (χ3n) is 3.69. The second-order valence-corrected chi connectivity index (χ2v) is 5.15. The Bertz CT molecular complexity index is 401. The van der Waals surface area contributed by atoms with Crippen molar-refractivity contribution in [3.63, 3.8) is 0 Å². The van der Waals surface area contributed by atoms with Crippen molar-refractivity contribution in [2.45, 2.75) is 45.6 Å². The third kappa shape index (κ3) is 2.68. The van der Waals surface area contributed by atoms with Crippen LogP contribution in [0.4, 0.5) is 0 Å². The average molecular weight is 232 g/mol. The van der Waals surface area contributed by atoms with Crippen LogP contribution in [0, 0.1) is 5.92 Å². The van der Waals surface area contributed by atoms with Gasteiger partial charge >= 0.3 is 5.97 Å². The normalized spacial score (nSPS) is 33.3. The Kier molecular flexibility index (Phi) is 3.51. The van der Waals surface area contributed by atoms with Gasteiger partial charge in [-0.25, -0.2) is 4.79 Å². The molecule has 2 nitrogen and oxygen atoms in total. The zero-order valence-electron chi connectivity index (χ0n) is 10.7. The van der Waals surface area contributed by atoms with Crippen LogP contribution in [0.1, 0.15) is 39.5 Å². The van der Waals surface area contributed by atoms with Gasteiger partial charge in [-0.15, -0.1) is 0 Å². The van der Waals surface area contributed by atoms with Gasteiger partial charge in [0, 0.05) is 17.9 Å². The highest BCUT2D eigenvalue weighted by molar-refractivity contribution is 5.90. The van der Waals surface area contributed by atoms with Crippen molar-refractivity contribution in [1.29, 1.82) is 0 Å². The standard InChI is InChI=1S/C15H20O2/c1-10-5-4-6-11(2)9-14-13(8-7-10)12(3)15(16)17-14/h6-7,13-14H,3-5,8-9H2,1-2H3/b10-7+,11-6?/t13-,14+/m1/s1. The van der Waals surface area contributed by atoms with E-state index in [1.165, 1.54) is 11.1 Å². The van der Waals surface area contributed by atoms with Crippen molar-refractivity contribution in [2.24, 2.45) is 5.92 Å². The van der Waals surface area contributed by atoms with E-state index >= 15 is 0 Å². The van der Waals surface area contributed by atoms with Gasteiger partial charge in [-0.1, -0.05) is 29.9 Å². The molecular formula is C15H20O2. The second kappa shape index (κ2) is 4.91. The molecule has 2 aliphatic rings. The molecule has 2 heteroatoms. The van der Waals surface area contributed by atoms with E-state index in [0.717, 1.165) is 25.7 Å². The molecule has 1 aliphatic carbocycles. The lowest BCUT2D eigenvalue weighted by atomic mass is 9.88. The second-order valence-electron chi connectivity index (χ2n) is 5.15. The molecule has 0 saturated carbocycles. The maximum Gasteiger partial charge on any atom is 0.334 e. The maximum absolute atomic E-state index is 11.6. The molecule has 1 aliphatic heterocycles. The summed E-state index contributed by atoms with van der Waals surface area (Å²) in [7, 11) is 0. The van der Waals surface area contributed by atoms with Crippen LogP contribution in [0.2, 0.25) is 0 Å². The van der Waals surface area contributed by atoms with Gasteiger partial charge in [0.15, 0.2) is 0 Å². The van der Waals surface area contributed by atoms with Crippen molar-refractivity contribution in [3.05, 3.63) is 35.5 Å². The molecule has 1 fully saturated rings. The van der Waals surface area contributed by atoms with Crippen LogP contribution in [0.25, 0.3) is 0 Å². The highest BCUT2D eigenvalue weighted by atomic mass is 16.6. The van der Waals surface area contributed by atoms with E-state index in [9.17, 15) is 4.79 Å². The first-order chi connectivity index (χ1) is 8.08. The minimum Gasteiger partial charge on any atom is -0.458 e.